The molecule has 1 fully saturated rings. The summed E-state index contributed by atoms with van der Waals surface area (Å²) in [6, 6.07) is 13.6. The average Bonchev–Trinajstić information content (AvgIpc) is 3.01. The Bertz CT molecular complexity index is 916. The van der Waals surface area contributed by atoms with E-state index in [9.17, 15) is 14.4 Å². The molecule has 0 spiro atoms. The number of ether oxygens (including phenoxy) is 2. The number of nitrogens with zero attached hydrogens (tertiary/aromatic N) is 1. The summed E-state index contributed by atoms with van der Waals surface area (Å²) in [7, 11) is 3.05. The highest BCUT2D eigenvalue weighted by Gasteiger charge is 2.39. The van der Waals surface area contributed by atoms with Gasteiger partial charge in [0.05, 0.1) is 27.2 Å². The van der Waals surface area contributed by atoms with E-state index in [-0.39, 0.29) is 18.9 Å². The van der Waals surface area contributed by atoms with Gasteiger partial charge >= 0.3 is 6.03 Å². The number of carbonyl (C=O) groups excluding carboxylic acids is 3. The predicted molar refractivity (Wildman–Crippen MR) is 110 cm³/mol. The summed E-state index contributed by atoms with van der Waals surface area (Å²) in [6.07, 6.45) is 0.602. The number of benzene rings is 2. The molecule has 2 N–H and O–H groups in total. The Morgan fingerprint density at radius 1 is 1.03 bits per heavy atom. The number of carbonyl (C=O) groups is 3. The second-order valence-electron chi connectivity index (χ2n) is 6.91. The highest BCUT2D eigenvalue weighted by molar-refractivity contribution is 6.05. The number of hydrogen-bond donors (Lipinski definition) is 2. The summed E-state index contributed by atoms with van der Waals surface area (Å²) < 4.78 is 10.5. The smallest absolute Gasteiger partial charge is 0.325 e. The van der Waals surface area contributed by atoms with Crippen molar-refractivity contribution < 1.29 is 23.9 Å². The van der Waals surface area contributed by atoms with E-state index in [4.69, 9.17) is 9.47 Å². The zero-order valence-corrected chi connectivity index (χ0v) is 17.0. The first-order chi connectivity index (χ1) is 14.5. The molecule has 0 radical (unpaired) electrons. The molecule has 8 nitrogen and oxygen atoms in total. The second-order valence-corrected chi connectivity index (χ2v) is 6.91. The maximum Gasteiger partial charge on any atom is 0.325 e. The van der Waals surface area contributed by atoms with Gasteiger partial charge in [-0.15, -0.1) is 0 Å². The molecule has 0 bridgehead atoms. The molecular formula is C22H25N3O5. The Labute approximate surface area is 175 Å². The van der Waals surface area contributed by atoms with E-state index < -0.39 is 18.0 Å². The maximum absolute atomic E-state index is 12.6. The minimum absolute atomic E-state index is 0.0805. The van der Waals surface area contributed by atoms with E-state index in [0.29, 0.717) is 30.0 Å². The van der Waals surface area contributed by atoms with Gasteiger partial charge in [-0.25, -0.2) is 4.79 Å². The van der Waals surface area contributed by atoms with Crippen molar-refractivity contribution in [3.05, 3.63) is 59.7 Å². The summed E-state index contributed by atoms with van der Waals surface area (Å²) in [5, 5.41) is 5.38. The molecule has 1 aliphatic heterocycles. The maximum atomic E-state index is 12.6. The standard InChI is InChI=1S/C22H25N3O5/c1-29-18-9-8-16(12-19(18)30-2)14-25-21(27)17(24-22(25)28)13-20(26)23-11-10-15-6-4-3-5-7-15/h3-9,12,17H,10-11,13-14H2,1-2H3,(H,23,26)(H,24,28)/t17-/m1/s1. The Balaban J connectivity index is 1.53. The van der Waals surface area contributed by atoms with E-state index in [1.165, 1.54) is 14.2 Å². The Morgan fingerprint density at radius 2 is 1.77 bits per heavy atom. The molecule has 3 rings (SSSR count). The monoisotopic (exact) mass is 411 g/mol. The number of amides is 4. The van der Waals surface area contributed by atoms with Gasteiger partial charge in [-0.3, -0.25) is 14.5 Å². The van der Waals surface area contributed by atoms with Crippen LogP contribution >= 0.6 is 0 Å². The van der Waals surface area contributed by atoms with Crippen molar-refractivity contribution in [2.45, 2.75) is 25.4 Å². The summed E-state index contributed by atoms with van der Waals surface area (Å²) in [5.74, 6) is 0.366. The minimum Gasteiger partial charge on any atom is -0.493 e. The van der Waals surface area contributed by atoms with Crippen LogP contribution in [-0.4, -0.2) is 49.6 Å². The molecule has 1 heterocycles. The van der Waals surface area contributed by atoms with Crippen molar-refractivity contribution in [1.82, 2.24) is 15.5 Å². The molecule has 8 heteroatoms. The Kier molecular flexibility index (Phi) is 6.90. The first-order valence-electron chi connectivity index (χ1n) is 9.65. The lowest BCUT2D eigenvalue weighted by atomic mass is 10.1. The SMILES string of the molecule is COc1ccc(CN2C(=O)N[C@H](CC(=O)NCCc3ccccc3)C2=O)cc1OC. The van der Waals surface area contributed by atoms with Gasteiger partial charge in [0.25, 0.3) is 5.91 Å². The number of hydrogen-bond acceptors (Lipinski definition) is 5. The molecule has 1 aliphatic rings. The fraction of sp³-hybridized carbons (Fsp3) is 0.318. The van der Waals surface area contributed by atoms with Gasteiger partial charge in [0.1, 0.15) is 6.04 Å². The van der Waals surface area contributed by atoms with E-state index in [2.05, 4.69) is 10.6 Å². The molecule has 0 aliphatic carbocycles. The average molecular weight is 411 g/mol. The van der Waals surface area contributed by atoms with E-state index in [1.54, 1.807) is 18.2 Å². The van der Waals surface area contributed by atoms with Crippen molar-refractivity contribution >= 4 is 17.8 Å². The van der Waals surface area contributed by atoms with Crippen LogP contribution in [0.3, 0.4) is 0 Å². The molecular weight excluding hydrogens is 386 g/mol. The van der Waals surface area contributed by atoms with Gasteiger partial charge < -0.3 is 20.1 Å². The first kappa shape index (κ1) is 21.2. The van der Waals surface area contributed by atoms with Crippen molar-refractivity contribution in [1.29, 1.82) is 0 Å². The van der Waals surface area contributed by atoms with Crippen LogP contribution in [0.2, 0.25) is 0 Å². The zero-order chi connectivity index (χ0) is 21.5. The van der Waals surface area contributed by atoms with Crippen molar-refractivity contribution in [3.8, 4) is 11.5 Å². The van der Waals surface area contributed by atoms with Gasteiger partial charge in [-0.05, 0) is 29.7 Å². The molecule has 30 heavy (non-hydrogen) atoms. The number of nitrogens with one attached hydrogen (secondary N) is 2. The molecule has 4 amide bonds. The molecule has 1 atom stereocenters. The predicted octanol–water partition coefficient (Wildman–Crippen LogP) is 1.87. The summed E-state index contributed by atoms with van der Waals surface area (Å²) in [6.45, 7) is 0.546. The van der Waals surface area contributed by atoms with Gasteiger partial charge in [-0.1, -0.05) is 36.4 Å². The zero-order valence-electron chi connectivity index (χ0n) is 17.0. The van der Waals surface area contributed by atoms with Gasteiger partial charge in [0.2, 0.25) is 5.91 Å². The van der Waals surface area contributed by atoms with Crippen LogP contribution in [0, 0.1) is 0 Å². The first-order valence-corrected chi connectivity index (χ1v) is 9.65. The van der Waals surface area contributed by atoms with E-state index in [0.717, 1.165) is 10.5 Å². The summed E-state index contributed by atoms with van der Waals surface area (Å²) in [4.78, 5) is 38.2. The van der Waals surface area contributed by atoms with Crippen LogP contribution in [0.4, 0.5) is 4.79 Å². The molecule has 0 saturated carbocycles. The molecule has 0 aromatic heterocycles. The van der Waals surface area contributed by atoms with Crippen LogP contribution in [0.5, 0.6) is 11.5 Å². The summed E-state index contributed by atoms with van der Waals surface area (Å²) >= 11 is 0. The van der Waals surface area contributed by atoms with Crippen molar-refractivity contribution in [2.75, 3.05) is 20.8 Å². The quantitative estimate of drug-likeness (QED) is 0.614. The molecule has 2 aromatic carbocycles. The fourth-order valence-corrected chi connectivity index (χ4v) is 3.28. The third kappa shape index (κ3) is 5.08. The molecule has 0 unspecified atom stereocenters. The lowest BCUT2D eigenvalue weighted by molar-refractivity contribution is -0.131. The number of rotatable bonds is 9. The van der Waals surface area contributed by atoms with E-state index in [1.807, 2.05) is 30.3 Å². The normalized spacial score (nSPS) is 15.7. The third-order valence-corrected chi connectivity index (χ3v) is 4.86. The highest BCUT2D eigenvalue weighted by atomic mass is 16.5. The topological polar surface area (TPSA) is 97.0 Å². The van der Waals surface area contributed by atoms with Crippen LogP contribution in [0.1, 0.15) is 17.5 Å². The Morgan fingerprint density at radius 3 is 2.47 bits per heavy atom. The van der Waals surface area contributed by atoms with Crippen LogP contribution in [0.15, 0.2) is 48.5 Å². The van der Waals surface area contributed by atoms with Crippen molar-refractivity contribution in [3.63, 3.8) is 0 Å². The van der Waals surface area contributed by atoms with Gasteiger partial charge in [-0.2, -0.15) is 0 Å². The minimum atomic E-state index is -0.866. The highest BCUT2D eigenvalue weighted by Crippen LogP contribution is 2.28. The molecule has 2 aromatic rings. The van der Waals surface area contributed by atoms with Crippen LogP contribution < -0.4 is 20.1 Å². The second kappa shape index (κ2) is 9.78. The van der Waals surface area contributed by atoms with Gasteiger partial charge in [0, 0.05) is 6.54 Å². The number of methoxy groups -OCH3 is 2. The van der Waals surface area contributed by atoms with Gasteiger partial charge in [0.15, 0.2) is 11.5 Å². The third-order valence-electron chi connectivity index (χ3n) is 4.86. The largest absolute Gasteiger partial charge is 0.493 e. The Hall–Kier alpha value is -3.55. The molecule has 1 saturated heterocycles. The van der Waals surface area contributed by atoms with Crippen molar-refractivity contribution in [2.24, 2.45) is 0 Å². The number of imide groups is 1. The number of urea groups is 1. The lowest BCUT2D eigenvalue weighted by Crippen LogP contribution is -2.37. The van der Waals surface area contributed by atoms with Crippen LogP contribution in [-0.2, 0) is 22.6 Å². The molecule has 158 valence electrons. The fourth-order valence-electron chi connectivity index (χ4n) is 3.28. The lowest BCUT2D eigenvalue weighted by Gasteiger charge is -2.15. The van der Waals surface area contributed by atoms with E-state index >= 15 is 0 Å². The summed E-state index contributed by atoms with van der Waals surface area (Å²) in [5.41, 5.74) is 1.83. The van der Waals surface area contributed by atoms with Crippen LogP contribution in [0.25, 0.3) is 0 Å².